The van der Waals surface area contributed by atoms with Crippen molar-refractivity contribution in [3.05, 3.63) is 34.9 Å². The Bertz CT molecular complexity index is 500. The number of rotatable bonds is 2. The maximum atomic E-state index is 10.8. The minimum Gasteiger partial charge on any atom is -0.493 e. The van der Waals surface area contributed by atoms with Crippen molar-refractivity contribution in [1.82, 2.24) is 0 Å². The van der Waals surface area contributed by atoms with Crippen molar-refractivity contribution in [2.24, 2.45) is 0 Å². The molecule has 0 saturated carbocycles. The summed E-state index contributed by atoms with van der Waals surface area (Å²) in [7, 11) is 0. The summed E-state index contributed by atoms with van der Waals surface area (Å²) in [4.78, 5) is 10.8. The van der Waals surface area contributed by atoms with Gasteiger partial charge in [-0.15, -0.1) is 0 Å². The van der Waals surface area contributed by atoms with Crippen molar-refractivity contribution < 1.29 is 14.6 Å². The van der Waals surface area contributed by atoms with Gasteiger partial charge in [-0.2, -0.15) is 0 Å². The molecule has 0 radical (unpaired) electrons. The zero-order chi connectivity index (χ0) is 11.1. The quantitative estimate of drug-likeness (QED) is 0.822. The predicted molar refractivity (Wildman–Crippen MR) is 59.6 cm³/mol. The number of carboxylic acid groups (broad SMARTS) is 1. The summed E-state index contributed by atoms with van der Waals surface area (Å²) in [6.07, 6.45) is 3.89. The fourth-order valence-electron chi connectivity index (χ4n) is 2.55. The highest BCUT2D eigenvalue weighted by Crippen LogP contribution is 2.39. The molecule has 3 rings (SSSR count). The Kier molecular flexibility index (Phi) is 1.99. The van der Waals surface area contributed by atoms with Gasteiger partial charge in [-0.1, -0.05) is 12.1 Å². The fourth-order valence-corrected chi connectivity index (χ4v) is 2.55. The molecule has 0 spiro atoms. The molecule has 1 aliphatic heterocycles. The molecule has 0 unspecified atom stereocenters. The van der Waals surface area contributed by atoms with Crippen molar-refractivity contribution in [1.29, 1.82) is 0 Å². The molecule has 1 N–H and O–H groups in total. The number of hydrogen-bond acceptors (Lipinski definition) is 2. The van der Waals surface area contributed by atoms with Gasteiger partial charge < -0.3 is 9.84 Å². The number of hydrogen-bond donors (Lipinski definition) is 1. The van der Waals surface area contributed by atoms with Crippen LogP contribution in [0, 0.1) is 0 Å². The van der Waals surface area contributed by atoms with E-state index in [0.717, 1.165) is 29.7 Å². The predicted octanol–water partition coefficient (Wildman–Crippen LogP) is 2.04. The molecule has 0 aromatic heterocycles. The lowest BCUT2D eigenvalue weighted by Crippen LogP contribution is -1.98. The monoisotopic (exact) mass is 216 g/mol. The molecule has 1 aromatic carbocycles. The lowest BCUT2D eigenvalue weighted by Gasteiger charge is -2.08. The Labute approximate surface area is 93.4 Å². The Balaban J connectivity index is 2.08. The van der Waals surface area contributed by atoms with Gasteiger partial charge in [-0.25, -0.2) is 0 Å². The summed E-state index contributed by atoms with van der Waals surface area (Å²) >= 11 is 0. The van der Waals surface area contributed by atoms with Crippen LogP contribution in [0.4, 0.5) is 0 Å². The molecule has 0 fully saturated rings. The zero-order valence-corrected chi connectivity index (χ0v) is 8.82. The number of allylic oxidation sites excluding steroid dienone is 1. The largest absolute Gasteiger partial charge is 0.493 e. The first-order chi connectivity index (χ1) is 7.75. The van der Waals surface area contributed by atoms with E-state index in [1.54, 1.807) is 0 Å². The van der Waals surface area contributed by atoms with Crippen LogP contribution in [0.1, 0.15) is 23.1 Å². The van der Waals surface area contributed by atoms with Gasteiger partial charge in [-0.3, -0.25) is 4.79 Å². The summed E-state index contributed by atoms with van der Waals surface area (Å²) in [6, 6.07) is 4.05. The molecular weight excluding hydrogens is 204 g/mol. The van der Waals surface area contributed by atoms with Gasteiger partial charge in [0.15, 0.2) is 0 Å². The van der Waals surface area contributed by atoms with E-state index in [9.17, 15) is 4.79 Å². The lowest BCUT2D eigenvalue weighted by atomic mass is 9.95. The third-order valence-electron chi connectivity index (χ3n) is 3.20. The molecule has 3 nitrogen and oxygen atoms in total. The Morgan fingerprint density at radius 1 is 1.44 bits per heavy atom. The van der Waals surface area contributed by atoms with Crippen LogP contribution in [-0.2, 0) is 17.6 Å². The number of benzene rings is 1. The SMILES string of the molecule is O=C(O)CC1=CCc2ccc3c(c21)CCO3. The van der Waals surface area contributed by atoms with E-state index >= 15 is 0 Å². The van der Waals surface area contributed by atoms with E-state index in [0.29, 0.717) is 6.61 Å². The highest BCUT2D eigenvalue weighted by molar-refractivity contribution is 5.88. The van der Waals surface area contributed by atoms with Crippen molar-refractivity contribution in [3.63, 3.8) is 0 Å². The minimum absolute atomic E-state index is 0.115. The van der Waals surface area contributed by atoms with Gasteiger partial charge in [0.1, 0.15) is 5.75 Å². The topological polar surface area (TPSA) is 46.5 Å². The molecule has 1 aromatic rings. The Morgan fingerprint density at radius 3 is 3.12 bits per heavy atom. The maximum Gasteiger partial charge on any atom is 0.307 e. The van der Waals surface area contributed by atoms with E-state index in [2.05, 4.69) is 0 Å². The second kappa shape index (κ2) is 3.37. The smallest absolute Gasteiger partial charge is 0.307 e. The minimum atomic E-state index is -0.768. The highest BCUT2D eigenvalue weighted by atomic mass is 16.5. The molecule has 3 heteroatoms. The third-order valence-corrected chi connectivity index (χ3v) is 3.20. The van der Waals surface area contributed by atoms with Crippen LogP contribution in [-0.4, -0.2) is 17.7 Å². The first-order valence-corrected chi connectivity index (χ1v) is 5.44. The molecule has 0 amide bonds. The van der Waals surface area contributed by atoms with Crippen molar-refractivity contribution in [2.45, 2.75) is 19.3 Å². The molecule has 16 heavy (non-hydrogen) atoms. The average Bonchev–Trinajstić information content (AvgIpc) is 2.82. The number of aliphatic carboxylic acids is 1. The molecule has 1 heterocycles. The molecule has 0 bridgehead atoms. The van der Waals surface area contributed by atoms with Crippen LogP contribution >= 0.6 is 0 Å². The van der Waals surface area contributed by atoms with Crippen LogP contribution in [0.5, 0.6) is 5.75 Å². The van der Waals surface area contributed by atoms with Crippen LogP contribution in [0.2, 0.25) is 0 Å². The van der Waals surface area contributed by atoms with Gasteiger partial charge >= 0.3 is 5.97 Å². The molecule has 2 aliphatic rings. The molecule has 0 atom stereocenters. The molecule has 1 aliphatic carbocycles. The Morgan fingerprint density at radius 2 is 2.31 bits per heavy atom. The normalized spacial score (nSPS) is 16.4. The first kappa shape index (κ1) is 9.46. The van der Waals surface area contributed by atoms with E-state index in [1.165, 1.54) is 11.1 Å². The van der Waals surface area contributed by atoms with Crippen LogP contribution in [0.15, 0.2) is 18.2 Å². The van der Waals surface area contributed by atoms with E-state index in [1.807, 2.05) is 18.2 Å². The average molecular weight is 216 g/mol. The van der Waals surface area contributed by atoms with E-state index in [-0.39, 0.29) is 6.42 Å². The van der Waals surface area contributed by atoms with Gasteiger partial charge in [0.05, 0.1) is 13.0 Å². The van der Waals surface area contributed by atoms with E-state index < -0.39 is 5.97 Å². The number of carbonyl (C=O) groups is 1. The zero-order valence-electron chi connectivity index (χ0n) is 8.82. The van der Waals surface area contributed by atoms with Crippen LogP contribution in [0.25, 0.3) is 5.57 Å². The number of fused-ring (bicyclic) bond motifs is 3. The standard InChI is InChI=1S/C13H12O3/c14-12(15)7-9-2-1-8-3-4-11-10(13(8)9)5-6-16-11/h2-4H,1,5-7H2,(H,14,15). The van der Waals surface area contributed by atoms with E-state index in [4.69, 9.17) is 9.84 Å². The summed E-state index contributed by atoms with van der Waals surface area (Å²) in [5, 5.41) is 8.88. The molecule has 0 saturated heterocycles. The number of ether oxygens (including phenoxy) is 1. The second-order valence-corrected chi connectivity index (χ2v) is 4.18. The van der Waals surface area contributed by atoms with Gasteiger partial charge in [0.2, 0.25) is 0 Å². The van der Waals surface area contributed by atoms with Crippen LogP contribution in [0.3, 0.4) is 0 Å². The summed E-state index contributed by atoms with van der Waals surface area (Å²) in [6.45, 7) is 0.714. The first-order valence-electron chi connectivity index (χ1n) is 5.44. The van der Waals surface area contributed by atoms with Crippen LogP contribution < -0.4 is 4.74 Å². The van der Waals surface area contributed by atoms with Crippen molar-refractivity contribution >= 4 is 11.5 Å². The second-order valence-electron chi connectivity index (χ2n) is 4.18. The van der Waals surface area contributed by atoms with Gasteiger partial charge in [0.25, 0.3) is 0 Å². The summed E-state index contributed by atoms with van der Waals surface area (Å²) in [5.41, 5.74) is 4.52. The van der Waals surface area contributed by atoms with Crippen molar-refractivity contribution in [3.8, 4) is 5.75 Å². The fraction of sp³-hybridized carbons (Fsp3) is 0.308. The third kappa shape index (κ3) is 1.32. The maximum absolute atomic E-state index is 10.8. The van der Waals surface area contributed by atoms with Gasteiger partial charge in [-0.05, 0) is 29.2 Å². The van der Waals surface area contributed by atoms with Gasteiger partial charge in [0, 0.05) is 12.0 Å². The lowest BCUT2D eigenvalue weighted by molar-refractivity contribution is -0.135. The summed E-state index contributed by atoms with van der Waals surface area (Å²) < 4.78 is 5.50. The molecule has 82 valence electrons. The number of carboxylic acids is 1. The summed E-state index contributed by atoms with van der Waals surface area (Å²) in [5.74, 6) is 0.160. The highest BCUT2D eigenvalue weighted by Gasteiger charge is 2.25. The van der Waals surface area contributed by atoms with Crippen molar-refractivity contribution in [2.75, 3.05) is 6.61 Å². The Hall–Kier alpha value is -1.77. The molecular formula is C13H12O3.